The minimum atomic E-state index is -0.781. The smallest absolute Gasteiger partial charge is 0.201 e. The molecule has 114 valence electrons. The summed E-state index contributed by atoms with van der Waals surface area (Å²) in [7, 11) is 0. The largest absolute Gasteiger partial charge is 0.368 e. The van der Waals surface area contributed by atoms with Gasteiger partial charge in [0.15, 0.2) is 18.2 Å². The molecule has 5 rings (SSSR count). The summed E-state index contributed by atoms with van der Waals surface area (Å²) < 4.78 is 11.9. The summed E-state index contributed by atoms with van der Waals surface area (Å²) in [4.78, 5) is 11.6. The monoisotopic (exact) mass is 284 g/mol. The van der Waals surface area contributed by atoms with Crippen molar-refractivity contribution >= 4 is 0 Å². The predicted octanol–water partition coefficient (Wildman–Crippen LogP) is 2.19. The van der Waals surface area contributed by atoms with Crippen molar-refractivity contribution in [3.63, 3.8) is 0 Å². The molecule has 1 N–H and O–H groups in total. The van der Waals surface area contributed by atoms with Crippen LogP contribution >= 0.6 is 0 Å². The topological polar surface area (TPSA) is 57.2 Å². The highest BCUT2D eigenvalue weighted by molar-refractivity contribution is 5.08. The van der Waals surface area contributed by atoms with Crippen LogP contribution in [0.5, 0.6) is 0 Å². The molecule has 2 bridgehead atoms. The van der Waals surface area contributed by atoms with Gasteiger partial charge < -0.3 is 14.6 Å². The number of ether oxygens (including phenoxy) is 2. The Morgan fingerprint density at radius 1 is 1.05 bits per heavy atom. The fraction of sp³-hybridized carbons (Fsp3) is 1.00. The minimum Gasteiger partial charge on any atom is -0.368 e. The van der Waals surface area contributed by atoms with E-state index in [9.17, 15) is 5.11 Å². The first-order valence-electron chi connectivity index (χ1n) is 7.84. The fourth-order valence-corrected chi connectivity index (χ4v) is 4.89. The number of fused-ring (bicyclic) bond motifs is 2. The lowest BCUT2D eigenvalue weighted by Crippen LogP contribution is -2.70. The molecule has 1 aliphatic carbocycles. The maximum Gasteiger partial charge on any atom is 0.201 e. The fourth-order valence-electron chi connectivity index (χ4n) is 4.89. The van der Waals surface area contributed by atoms with Gasteiger partial charge in [0, 0.05) is 18.3 Å². The molecule has 5 aliphatic rings. The zero-order chi connectivity index (χ0) is 14.1. The highest BCUT2D eigenvalue weighted by atomic mass is 17.3. The van der Waals surface area contributed by atoms with E-state index in [1.807, 2.05) is 13.8 Å². The van der Waals surface area contributed by atoms with Crippen LogP contribution in [-0.4, -0.2) is 29.1 Å². The summed E-state index contributed by atoms with van der Waals surface area (Å²) in [5, 5.41) is 10.2. The van der Waals surface area contributed by atoms with Crippen molar-refractivity contribution in [1.82, 2.24) is 0 Å². The predicted molar refractivity (Wildman–Crippen MR) is 69.0 cm³/mol. The van der Waals surface area contributed by atoms with Crippen LogP contribution in [0.2, 0.25) is 0 Å². The molecule has 5 heteroatoms. The van der Waals surface area contributed by atoms with Gasteiger partial charge in [0.25, 0.3) is 0 Å². The number of hydrogen-bond donors (Lipinski definition) is 1. The summed E-state index contributed by atoms with van der Waals surface area (Å²) in [6.07, 6.45) is 2.72. The lowest BCUT2D eigenvalue weighted by Gasteiger charge is -2.59. The van der Waals surface area contributed by atoms with Crippen molar-refractivity contribution in [3.8, 4) is 0 Å². The Bertz CT molecular complexity index is 411. The van der Waals surface area contributed by atoms with E-state index in [1.165, 1.54) is 6.42 Å². The zero-order valence-corrected chi connectivity index (χ0v) is 12.4. The average Bonchev–Trinajstić information content (AvgIpc) is 2.63. The highest BCUT2D eigenvalue weighted by Gasteiger charge is 2.69. The van der Waals surface area contributed by atoms with Gasteiger partial charge in [-0.05, 0) is 38.0 Å². The molecule has 5 fully saturated rings. The van der Waals surface area contributed by atoms with E-state index in [0.29, 0.717) is 11.8 Å². The molecule has 4 saturated heterocycles. The van der Waals surface area contributed by atoms with Crippen LogP contribution in [0.15, 0.2) is 0 Å². The Kier molecular flexibility index (Phi) is 2.81. The van der Waals surface area contributed by atoms with Crippen LogP contribution in [0.4, 0.5) is 0 Å². The van der Waals surface area contributed by atoms with Gasteiger partial charge in [0.2, 0.25) is 5.79 Å². The van der Waals surface area contributed by atoms with Gasteiger partial charge in [-0.2, -0.15) is 0 Å². The molecule has 1 saturated carbocycles. The molecule has 0 aromatic heterocycles. The molecule has 4 aliphatic heterocycles. The van der Waals surface area contributed by atoms with E-state index in [2.05, 4.69) is 6.92 Å². The van der Waals surface area contributed by atoms with Crippen LogP contribution in [0.25, 0.3) is 0 Å². The van der Waals surface area contributed by atoms with E-state index < -0.39 is 24.0 Å². The third-order valence-electron chi connectivity index (χ3n) is 6.12. The number of aliphatic hydroxyl groups excluding tert-OH is 1. The molecule has 0 aromatic rings. The van der Waals surface area contributed by atoms with Crippen LogP contribution in [-0.2, 0) is 19.2 Å². The van der Waals surface area contributed by atoms with E-state index >= 15 is 0 Å². The molecule has 20 heavy (non-hydrogen) atoms. The van der Waals surface area contributed by atoms with Gasteiger partial charge in [-0.15, -0.1) is 0 Å². The van der Waals surface area contributed by atoms with Gasteiger partial charge in [-0.1, -0.05) is 13.8 Å². The Balaban J connectivity index is 1.82. The number of rotatable bonds is 0. The second-order valence-electron chi connectivity index (χ2n) is 7.30. The standard InChI is InChI=1S/C15H24O5/c1-8-4-5-11-9(2)12(16)17-13-15(11)10(8)6-7-14(3,18-13)19-20-15/h8-13,16H,4-7H2,1-3H3/t8-,9-,10+,11?,12?,13-,14+,15?/m1/s1. The van der Waals surface area contributed by atoms with Crippen molar-refractivity contribution in [3.05, 3.63) is 0 Å². The lowest BCUT2D eigenvalue weighted by molar-refractivity contribution is -0.576. The van der Waals surface area contributed by atoms with Crippen molar-refractivity contribution in [2.45, 2.75) is 70.4 Å². The zero-order valence-electron chi connectivity index (χ0n) is 12.4. The average molecular weight is 284 g/mol. The van der Waals surface area contributed by atoms with E-state index in [-0.39, 0.29) is 11.8 Å². The summed E-state index contributed by atoms with van der Waals surface area (Å²) in [5.74, 6) is 0.437. The second-order valence-corrected chi connectivity index (χ2v) is 7.30. The first-order chi connectivity index (χ1) is 9.46. The molecule has 0 amide bonds. The lowest BCUT2D eigenvalue weighted by atomic mass is 9.58. The van der Waals surface area contributed by atoms with Gasteiger partial charge in [0.05, 0.1) is 0 Å². The summed E-state index contributed by atoms with van der Waals surface area (Å²) in [6, 6.07) is 0. The summed E-state index contributed by atoms with van der Waals surface area (Å²) in [6.45, 7) is 6.22. The Morgan fingerprint density at radius 2 is 1.85 bits per heavy atom. The van der Waals surface area contributed by atoms with Crippen molar-refractivity contribution < 1.29 is 24.4 Å². The van der Waals surface area contributed by atoms with Gasteiger partial charge in [-0.25, -0.2) is 9.78 Å². The Labute approximate surface area is 119 Å². The molecule has 1 spiro atoms. The quantitative estimate of drug-likeness (QED) is 0.691. The van der Waals surface area contributed by atoms with Crippen molar-refractivity contribution in [2.24, 2.45) is 23.7 Å². The maximum atomic E-state index is 10.2. The SMILES string of the molecule is C[C@H]1C(O)O[C@@H]2O[C@]3(C)CC[C@H]4[C@H](C)CCC1C24OO3. The van der Waals surface area contributed by atoms with Gasteiger partial charge in [0.1, 0.15) is 0 Å². The maximum absolute atomic E-state index is 10.2. The van der Waals surface area contributed by atoms with E-state index in [0.717, 1.165) is 19.3 Å². The minimum absolute atomic E-state index is 0.0379. The van der Waals surface area contributed by atoms with Gasteiger partial charge >= 0.3 is 0 Å². The summed E-state index contributed by atoms with van der Waals surface area (Å²) in [5.41, 5.74) is -0.549. The molecule has 4 heterocycles. The van der Waals surface area contributed by atoms with E-state index in [4.69, 9.17) is 19.2 Å². The Morgan fingerprint density at radius 3 is 2.65 bits per heavy atom. The number of hydrogen-bond acceptors (Lipinski definition) is 5. The van der Waals surface area contributed by atoms with Crippen LogP contribution in [0, 0.1) is 23.7 Å². The third kappa shape index (κ3) is 1.56. The molecular formula is C15H24O5. The first kappa shape index (κ1) is 13.5. The van der Waals surface area contributed by atoms with Crippen molar-refractivity contribution in [2.75, 3.05) is 0 Å². The summed E-state index contributed by atoms with van der Waals surface area (Å²) >= 11 is 0. The third-order valence-corrected chi connectivity index (χ3v) is 6.12. The van der Waals surface area contributed by atoms with Crippen LogP contribution in [0.3, 0.4) is 0 Å². The van der Waals surface area contributed by atoms with Crippen LogP contribution in [0.1, 0.15) is 46.5 Å². The normalized spacial score (nSPS) is 61.8. The van der Waals surface area contributed by atoms with E-state index in [1.54, 1.807) is 0 Å². The molecule has 3 unspecified atom stereocenters. The molecule has 0 radical (unpaired) electrons. The van der Waals surface area contributed by atoms with Gasteiger partial charge in [-0.3, -0.25) is 0 Å². The molecule has 8 atom stereocenters. The first-order valence-corrected chi connectivity index (χ1v) is 7.84. The van der Waals surface area contributed by atoms with Crippen LogP contribution < -0.4 is 0 Å². The molecule has 5 nitrogen and oxygen atoms in total. The molecular weight excluding hydrogens is 260 g/mol. The highest BCUT2D eigenvalue weighted by Crippen LogP contribution is 2.60. The Hall–Kier alpha value is -0.200. The van der Waals surface area contributed by atoms with Crippen molar-refractivity contribution in [1.29, 1.82) is 0 Å². The second kappa shape index (κ2) is 4.17. The molecule has 0 aromatic carbocycles. The number of aliphatic hydroxyl groups is 1.